The van der Waals surface area contributed by atoms with Crippen molar-refractivity contribution in [2.75, 3.05) is 25.0 Å². The molecule has 0 spiro atoms. The number of aromatic nitrogens is 2. The molecule has 2 N–H and O–H groups in total. The van der Waals surface area contributed by atoms with Gasteiger partial charge in [-0.3, -0.25) is 9.58 Å². The molecule has 2 amide bonds. The summed E-state index contributed by atoms with van der Waals surface area (Å²) >= 11 is 0. The number of aryl methyl sites for hydroxylation is 1. The van der Waals surface area contributed by atoms with Gasteiger partial charge in [-0.05, 0) is 67.8 Å². The van der Waals surface area contributed by atoms with Crippen LogP contribution in [0.15, 0.2) is 60.7 Å². The molecule has 6 nitrogen and oxygen atoms in total. The lowest BCUT2D eigenvalue weighted by Crippen LogP contribution is -2.56. The number of urea groups is 1. The third-order valence-electron chi connectivity index (χ3n) is 6.84. The Hall–Kier alpha value is -3.19. The Labute approximate surface area is 187 Å². The Balaban J connectivity index is 1.22. The van der Waals surface area contributed by atoms with E-state index in [2.05, 4.69) is 21.6 Å². The summed E-state index contributed by atoms with van der Waals surface area (Å²) in [6.45, 7) is 2.68. The molecule has 1 aromatic heterocycles. The number of hydrogen-bond acceptors (Lipinski definition) is 3. The van der Waals surface area contributed by atoms with Crippen LogP contribution < -0.4 is 10.6 Å². The molecule has 3 fully saturated rings. The average Bonchev–Trinajstić information content (AvgIpc) is 3.20. The maximum atomic E-state index is 13.3. The van der Waals surface area contributed by atoms with Gasteiger partial charge in [0.1, 0.15) is 5.82 Å². The molecule has 2 aromatic carbocycles. The number of nitrogens with one attached hydrogen (secondary N) is 2. The van der Waals surface area contributed by atoms with Gasteiger partial charge in [0.15, 0.2) is 0 Å². The summed E-state index contributed by atoms with van der Waals surface area (Å²) < 4.78 is 15.3. The molecular formula is C25H28FN5O. The fraction of sp³-hybridized carbons (Fsp3) is 0.360. The first-order chi connectivity index (χ1) is 15.6. The summed E-state index contributed by atoms with van der Waals surface area (Å²) in [7, 11) is 1.99. The van der Waals surface area contributed by atoms with E-state index in [1.165, 1.54) is 17.8 Å². The van der Waals surface area contributed by atoms with Gasteiger partial charge < -0.3 is 10.6 Å². The Bertz CT molecular complexity index is 1080. The van der Waals surface area contributed by atoms with Crippen molar-refractivity contribution in [3.63, 3.8) is 0 Å². The second kappa shape index (κ2) is 8.74. The number of amides is 2. The smallest absolute Gasteiger partial charge is 0.319 e. The molecule has 0 radical (unpaired) electrons. The molecule has 3 aromatic rings. The van der Waals surface area contributed by atoms with Crippen molar-refractivity contribution in [2.45, 2.75) is 24.8 Å². The van der Waals surface area contributed by atoms with Gasteiger partial charge >= 0.3 is 6.03 Å². The highest BCUT2D eigenvalue weighted by molar-refractivity contribution is 5.89. The van der Waals surface area contributed by atoms with Gasteiger partial charge in [0.25, 0.3) is 0 Å². The predicted molar refractivity (Wildman–Crippen MR) is 123 cm³/mol. The van der Waals surface area contributed by atoms with Gasteiger partial charge in [0.05, 0.1) is 5.69 Å². The third-order valence-corrected chi connectivity index (χ3v) is 6.84. The second-order valence-corrected chi connectivity index (χ2v) is 8.83. The summed E-state index contributed by atoms with van der Waals surface area (Å²) in [4.78, 5) is 14.8. The Morgan fingerprint density at radius 2 is 1.94 bits per heavy atom. The number of fused-ring (bicyclic) bond motifs is 3. The number of piperidine rings is 3. The normalized spacial score (nSPS) is 24.3. The fourth-order valence-electron chi connectivity index (χ4n) is 5.18. The molecule has 4 heterocycles. The highest BCUT2D eigenvalue weighted by Crippen LogP contribution is 2.42. The summed E-state index contributed by atoms with van der Waals surface area (Å²) in [5, 5.41) is 10.6. The number of para-hydroxylation sites is 1. The van der Waals surface area contributed by atoms with Crippen LogP contribution in [0.25, 0.3) is 11.3 Å². The predicted octanol–water partition coefficient (Wildman–Crippen LogP) is 4.23. The molecule has 2 bridgehead atoms. The lowest BCUT2D eigenvalue weighted by molar-refractivity contribution is 0.0296. The average molecular weight is 434 g/mol. The lowest BCUT2D eigenvalue weighted by atomic mass is 9.74. The number of anilines is 1. The van der Waals surface area contributed by atoms with Gasteiger partial charge in [-0.15, -0.1) is 0 Å². The van der Waals surface area contributed by atoms with Gasteiger partial charge in [-0.25, -0.2) is 9.18 Å². The van der Waals surface area contributed by atoms with E-state index in [1.807, 2.05) is 42.1 Å². The quantitative estimate of drug-likeness (QED) is 0.633. The van der Waals surface area contributed by atoms with Crippen molar-refractivity contribution in [3.8, 4) is 11.3 Å². The number of hydrogen-bond donors (Lipinski definition) is 2. The molecule has 3 aliphatic rings. The summed E-state index contributed by atoms with van der Waals surface area (Å²) in [5.41, 5.74) is 3.84. The monoisotopic (exact) mass is 433 g/mol. The van der Waals surface area contributed by atoms with E-state index in [-0.39, 0.29) is 11.8 Å². The van der Waals surface area contributed by atoms with Crippen LogP contribution >= 0.6 is 0 Å². The zero-order valence-electron chi connectivity index (χ0n) is 18.2. The van der Waals surface area contributed by atoms with E-state index in [9.17, 15) is 9.18 Å². The molecule has 6 rings (SSSR count). The fourth-order valence-corrected chi connectivity index (χ4v) is 5.18. The highest BCUT2D eigenvalue weighted by atomic mass is 19.1. The first kappa shape index (κ1) is 20.7. The van der Waals surface area contributed by atoms with Crippen LogP contribution in [0.5, 0.6) is 0 Å². The SMILES string of the molecule is Cn1nc(-c2ccc(F)cc2)cc1C1CN2CCC1CC2CNC(=O)Nc1ccccc1. The summed E-state index contributed by atoms with van der Waals surface area (Å²) in [6.07, 6.45) is 2.22. The first-order valence-corrected chi connectivity index (χ1v) is 11.2. The number of halogens is 1. The minimum Gasteiger partial charge on any atom is -0.336 e. The number of carbonyl (C=O) groups excluding carboxylic acids is 1. The Morgan fingerprint density at radius 3 is 2.66 bits per heavy atom. The first-order valence-electron chi connectivity index (χ1n) is 11.2. The maximum Gasteiger partial charge on any atom is 0.319 e. The molecule has 32 heavy (non-hydrogen) atoms. The van der Waals surface area contributed by atoms with Crippen molar-refractivity contribution in [3.05, 3.63) is 72.2 Å². The zero-order valence-corrected chi connectivity index (χ0v) is 18.2. The van der Waals surface area contributed by atoms with Gasteiger partial charge in [0, 0.05) is 49.0 Å². The minimum atomic E-state index is -0.237. The van der Waals surface area contributed by atoms with Gasteiger partial charge in [-0.2, -0.15) is 5.10 Å². The molecular weight excluding hydrogens is 405 g/mol. The standard InChI is InChI=1S/C25H28FN5O/c1-30-24(14-23(29-30)17-7-9-19(26)10-8-17)22-16-31-12-11-18(22)13-21(31)15-27-25(32)28-20-5-3-2-4-6-20/h2-10,14,18,21-22H,11-13,15-16H2,1H3,(H2,27,28,32). The van der Waals surface area contributed by atoms with Crippen molar-refractivity contribution in [2.24, 2.45) is 13.0 Å². The van der Waals surface area contributed by atoms with Crippen LogP contribution in [0.2, 0.25) is 0 Å². The number of nitrogens with zero attached hydrogens (tertiary/aromatic N) is 3. The highest BCUT2D eigenvalue weighted by Gasteiger charge is 2.41. The van der Waals surface area contributed by atoms with Crippen molar-refractivity contribution in [1.82, 2.24) is 20.0 Å². The molecule has 3 aliphatic heterocycles. The zero-order chi connectivity index (χ0) is 22.1. The molecule has 3 saturated heterocycles. The van der Waals surface area contributed by atoms with E-state index in [0.29, 0.717) is 24.4 Å². The van der Waals surface area contributed by atoms with Gasteiger partial charge in [-0.1, -0.05) is 18.2 Å². The molecule has 7 heteroatoms. The van der Waals surface area contributed by atoms with Crippen LogP contribution in [-0.2, 0) is 7.05 Å². The van der Waals surface area contributed by atoms with Crippen LogP contribution in [0.1, 0.15) is 24.5 Å². The topological polar surface area (TPSA) is 62.2 Å². The van der Waals surface area contributed by atoms with E-state index in [4.69, 9.17) is 5.10 Å². The largest absolute Gasteiger partial charge is 0.336 e. The lowest BCUT2D eigenvalue weighted by Gasteiger charge is -2.49. The van der Waals surface area contributed by atoms with E-state index < -0.39 is 0 Å². The van der Waals surface area contributed by atoms with E-state index in [0.717, 1.165) is 42.9 Å². The number of benzene rings is 2. The molecule has 0 aliphatic carbocycles. The third kappa shape index (κ3) is 4.25. The number of rotatable bonds is 5. The van der Waals surface area contributed by atoms with E-state index in [1.54, 1.807) is 12.1 Å². The van der Waals surface area contributed by atoms with Gasteiger partial charge in [0.2, 0.25) is 0 Å². The van der Waals surface area contributed by atoms with Crippen LogP contribution in [-0.4, -0.2) is 46.4 Å². The summed E-state index contributed by atoms with van der Waals surface area (Å²) in [5.74, 6) is 0.754. The molecule has 4 unspecified atom stereocenters. The van der Waals surface area contributed by atoms with Crippen molar-refractivity contribution < 1.29 is 9.18 Å². The van der Waals surface area contributed by atoms with Crippen LogP contribution in [0, 0.1) is 11.7 Å². The molecule has 4 atom stereocenters. The molecule has 166 valence electrons. The second-order valence-electron chi connectivity index (χ2n) is 8.83. The van der Waals surface area contributed by atoms with Crippen molar-refractivity contribution in [1.29, 1.82) is 0 Å². The molecule has 0 saturated carbocycles. The van der Waals surface area contributed by atoms with Crippen LogP contribution in [0.4, 0.5) is 14.9 Å². The Kier molecular flexibility index (Phi) is 5.66. The van der Waals surface area contributed by atoms with Crippen molar-refractivity contribution >= 4 is 11.7 Å². The van der Waals surface area contributed by atoms with E-state index >= 15 is 0 Å². The van der Waals surface area contributed by atoms with Crippen LogP contribution in [0.3, 0.4) is 0 Å². The number of carbonyl (C=O) groups is 1. The minimum absolute atomic E-state index is 0.161. The Morgan fingerprint density at radius 1 is 1.16 bits per heavy atom. The summed E-state index contributed by atoms with van der Waals surface area (Å²) in [6, 6.07) is 18.4. The maximum absolute atomic E-state index is 13.3.